The lowest BCUT2D eigenvalue weighted by atomic mass is 10.1. The van der Waals surface area contributed by atoms with E-state index in [9.17, 15) is 4.79 Å². The van der Waals surface area contributed by atoms with Gasteiger partial charge in [0.1, 0.15) is 5.60 Å². The zero-order valence-electron chi connectivity index (χ0n) is 13.7. The molecule has 0 fully saturated rings. The van der Waals surface area contributed by atoms with Gasteiger partial charge in [0, 0.05) is 27.6 Å². The summed E-state index contributed by atoms with van der Waals surface area (Å²) in [5.41, 5.74) is 0.694. The van der Waals surface area contributed by atoms with Crippen molar-refractivity contribution in [2.45, 2.75) is 52.3 Å². The second-order valence-electron chi connectivity index (χ2n) is 6.34. The van der Waals surface area contributed by atoms with Crippen LogP contribution in [0.2, 0.25) is 0 Å². The van der Waals surface area contributed by atoms with Crippen LogP contribution < -0.4 is 10.6 Å². The molecule has 4 nitrogen and oxygen atoms in total. The monoisotopic (exact) mass is 434 g/mol. The molecule has 0 heterocycles. The van der Waals surface area contributed by atoms with Gasteiger partial charge in [0.25, 0.3) is 0 Å². The first kappa shape index (κ1) is 19.5. The van der Waals surface area contributed by atoms with Crippen molar-refractivity contribution < 1.29 is 9.53 Å². The van der Waals surface area contributed by atoms with Gasteiger partial charge in [0.2, 0.25) is 0 Å². The van der Waals surface area contributed by atoms with Crippen LogP contribution in [-0.2, 0) is 4.74 Å². The fourth-order valence-electron chi connectivity index (χ4n) is 1.88. The van der Waals surface area contributed by atoms with Crippen LogP contribution in [-0.4, -0.2) is 24.3 Å². The summed E-state index contributed by atoms with van der Waals surface area (Å²) in [6.45, 7) is 10.2. The Hall–Kier alpha value is -0.590. The van der Waals surface area contributed by atoms with E-state index < -0.39 is 5.60 Å². The molecule has 22 heavy (non-hydrogen) atoms. The van der Waals surface area contributed by atoms with Crippen LogP contribution in [0, 0.1) is 0 Å². The number of carbonyl (C=O) groups is 1. The molecule has 1 amide bonds. The molecule has 0 aromatic heterocycles. The first-order valence-corrected chi connectivity index (χ1v) is 8.85. The van der Waals surface area contributed by atoms with E-state index in [-0.39, 0.29) is 18.2 Å². The topological polar surface area (TPSA) is 50.4 Å². The highest BCUT2D eigenvalue weighted by atomic mass is 79.9. The summed E-state index contributed by atoms with van der Waals surface area (Å²) in [4.78, 5) is 11.7. The van der Waals surface area contributed by atoms with Crippen LogP contribution in [0.3, 0.4) is 0 Å². The fraction of sp³-hybridized carbons (Fsp3) is 0.562. The van der Waals surface area contributed by atoms with Crippen LogP contribution in [0.4, 0.5) is 4.79 Å². The Morgan fingerprint density at radius 1 is 1.27 bits per heavy atom. The molecular formula is C16H24Br2N2O2. The molecule has 2 unspecified atom stereocenters. The second kappa shape index (κ2) is 8.31. The van der Waals surface area contributed by atoms with Crippen molar-refractivity contribution in [3.05, 3.63) is 32.7 Å². The van der Waals surface area contributed by atoms with Crippen molar-refractivity contribution in [3.63, 3.8) is 0 Å². The number of ether oxygens (including phenoxy) is 1. The third-order valence-corrected chi connectivity index (χ3v) is 4.10. The number of benzene rings is 1. The summed E-state index contributed by atoms with van der Waals surface area (Å²) in [5.74, 6) is 0. The van der Waals surface area contributed by atoms with Crippen LogP contribution >= 0.6 is 31.9 Å². The van der Waals surface area contributed by atoms with Gasteiger partial charge in [-0.25, -0.2) is 4.79 Å². The van der Waals surface area contributed by atoms with Crippen LogP contribution in [0.25, 0.3) is 0 Å². The lowest BCUT2D eigenvalue weighted by Crippen LogP contribution is -2.43. The summed E-state index contributed by atoms with van der Waals surface area (Å²) >= 11 is 7.02. The minimum atomic E-state index is -0.479. The number of halogens is 2. The van der Waals surface area contributed by atoms with E-state index in [2.05, 4.69) is 55.5 Å². The Balaban J connectivity index is 2.46. The molecule has 1 aromatic carbocycles. The summed E-state index contributed by atoms with van der Waals surface area (Å²) in [6, 6.07) is 6.26. The average Bonchev–Trinajstić information content (AvgIpc) is 2.33. The summed E-state index contributed by atoms with van der Waals surface area (Å²) in [5, 5.41) is 6.24. The molecule has 0 saturated carbocycles. The number of carbonyl (C=O) groups excluding carboxylic acids is 1. The number of rotatable bonds is 5. The number of alkyl carbamates (subject to hydrolysis) is 1. The summed E-state index contributed by atoms with van der Waals surface area (Å²) in [6.07, 6.45) is -0.390. The van der Waals surface area contributed by atoms with Gasteiger partial charge in [-0.15, -0.1) is 0 Å². The van der Waals surface area contributed by atoms with Gasteiger partial charge in [0.05, 0.1) is 0 Å². The van der Waals surface area contributed by atoms with Crippen molar-refractivity contribution in [2.75, 3.05) is 6.54 Å². The molecule has 124 valence electrons. The third kappa shape index (κ3) is 7.11. The Morgan fingerprint density at radius 3 is 2.45 bits per heavy atom. The molecule has 1 aromatic rings. The van der Waals surface area contributed by atoms with Crippen LogP contribution in [0.5, 0.6) is 0 Å². The van der Waals surface area contributed by atoms with E-state index in [1.54, 1.807) is 0 Å². The largest absolute Gasteiger partial charge is 0.444 e. The normalized spacial score (nSPS) is 14.3. The van der Waals surface area contributed by atoms with Gasteiger partial charge in [-0.05, 0) is 52.3 Å². The van der Waals surface area contributed by atoms with Crippen molar-refractivity contribution in [3.8, 4) is 0 Å². The summed E-state index contributed by atoms with van der Waals surface area (Å²) in [7, 11) is 0. The molecule has 0 aliphatic rings. The van der Waals surface area contributed by atoms with Gasteiger partial charge in [0.15, 0.2) is 0 Å². The fourth-order valence-corrected chi connectivity index (χ4v) is 3.27. The maximum Gasteiger partial charge on any atom is 0.407 e. The van der Waals surface area contributed by atoms with Gasteiger partial charge in [-0.2, -0.15) is 0 Å². The average molecular weight is 436 g/mol. The number of nitrogens with one attached hydrogen (secondary N) is 2. The molecule has 1 rings (SSSR count). The van der Waals surface area contributed by atoms with Gasteiger partial charge in [-0.3, -0.25) is 0 Å². The molecular weight excluding hydrogens is 412 g/mol. The van der Waals surface area contributed by atoms with Crippen molar-refractivity contribution >= 4 is 38.0 Å². The number of hydrogen-bond acceptors (Lipinski definition) is 3. The van der Waals surface area contributed by atoms with Crippen molar-refractivity contribution in [2.24, 2.45) is 0 Å². The zero-order chi connectivity index (χ0) is 16.9. The lowest BCUT2D eigenvalue weighted by molar-refractivity contribution is 0.0507. The predicted octanol–water partition coefficient (Wildman–Crippen LogP) is 4.78. The highest BCUT2D eigenvalue weighted by Gasteiger charge is 2.18. The quantitative estimate of drug-likeness (QED) is 0.699. The van der Waals surface area contributed by atoms with E-state index in [4.69, 9.17) is 4.74 Å². The molecule has 2 N–H and O–H groups in total. The van der Waals surface area contributed by atoms with E-state index in [1.807, 2.05) is 39.8 Å². The number of amides is 1. The molecule has 0 radical (unpaired) electrons. The van der Waals surface area contributed by atoms with Crippen LogP contribution in [0.1, 0.15) is 46.2 Å². The number of hydrogen-bond donors (Lipinski definition) is 2. The third-order valence-electron chi connectivity index (χ3n) is 2.92. The summed E-state index contributed by atoms with van der Waals surface area (Å²) < 4.78 is 7.33. The lowest BCUT2D eigenvalue weighted by Gasteiger charge is -2.23. The Bertz CT molecular complexity index is 515. The van der Waals surface area contributed by atoms with Gasteiger partial charge >= 0.3 is 6.09 Å². The van der Waals surface area contributed by atoms with Crippen molar-refractivity contribution in [1.82, 2.24) is 10.6 Å². The smallest absolute Gasteiger partial charge is 0.407 e. The predicted molar refractivity (Wildman–Crippen MR) is 97.1 cm³/mol. The maximum atomic E-state index is 11.7. The minimum absolute atomic E-state index is 0.0217. The molecule has 0 aliphatic heterocycles. The van der Waals surface area contributed by atoms with E-state index in [0.717, 1.165) is 8.95 Å². The Kier molecular flexibility index (Phi) is 7.35. The molecule has 2 atom stereocenters. The second-order valence-corrected chi connectivity index (χ2v) is 8.11. The van der Waals surface area contributed by atoms with E-state index >= 15 is 0 Å². The highest BCUT2D eigenvalue weighted by molar-refractivity contribution is 9.11. The SMILES string of the molecule is CC(CNC(C)c1ccc(Br)cc1Br)NC(=O)OC(C)(C)C. The van der Waals surface area contributed by atoms with Crippen LogP contribution in [0.15, 0.2) is 27.1 Å². The standard InChI is InChI=1S/C16H24Br2N2O2/c1-10(20-15(21)22-16(3,4)5)9-19-11(2)13-7-6-12(17)8-14(13)18/h6-8,10-11,19H,9H2,1-5H3,(H,20,21). The molecule has 0 saturated heterocycles. The van der Waals surface area contributed by atoms with E-state index in [0.29, 0.717) is 6.54 Å². The first-order valence-electron chi connectivity index (χ1n) is 7.26. The van der Waals surface area contributed by atoms with Gasteiger partial charge < -0.3 is 15.4 Å². The Labute approximate surface area is 149 Å². The van der Waals surface area contributed by atoms with Crippen molar-refractivity contribution in [1.29, 1.82) is 0 Å². The van der Waals surface area contributed by atoms with E-state index in [1.165, 1.54) is 5.56 Å². The zero-order valence-corrected chi connectivity index (χ0v) is 16.8. The molecule has 6 heteroatoms. The molecule has 0 bridgehead atoms. The Morgan fingerprint density at radius 2 is 1.91 bits per heavy atom. The van der Waals surface area contributed by atoms with Gasteiger partial charge in [-0.1, -0.05) is 37.9 Å². The molecule has 0 spiro atoms. The first-order chi connectivity index (χ1) is 10.1. The maximum absolute atomic E-state index is 11.7. The highest BCUT2D eigenvalue weighted by Crippen LogP contribution is 2.26. The molecule has 0 aliphatic carbocycles. The minimum Gasteiger partial charge on any atom is -0.444 e.